The summed E-state index contributed by atoms with van der Waals surface area (Å²) in [6, 6.07) is 8.00. The van der Waals surface area contributed by atoms with E-state index in [0.29, 0.717) is 17.3 Å². The minimum atomic E-state index is -0.271. The summed E-state index contributed by atoms with van der Waals surface area (Å²) in [6.07, 6.45) is 0.893. The Labute approximate surface area is 161 Å². The number of esters is 1. The molecule has 0 radical (unpaired) electrons. The maximum atomic E-state index is 12.4. The Bertz CT molecular complexity index is 784. The molecule has 0 aliphatic carbocycles. The zero-order valence-corrected chi connectivity index (χ0v) is 16.6. The van der Waals surface area contributed by atoms with Gasteiger partial charge in [-0.2, -0.15) is 11.8 Å². The van der Waals surface area contributed by atoms with E-state index in [1.165, 1.54) is 10.4 Å². The normalized spacial score (nSPS) is 13.0. The van der Waals surface area contributed by atoms with Crippen LogP contribution in [0.3, 0.4) is 0 Å². The van der Waals surface area contributed by atoms with Crippen LogP contribution >= 0.6 is 35.3 Å². The standard InChI is InChI=1S/C18H20N2O2S3/c1-3-22-17(21)15-13-8-9-24-10-14(13)25-16(15)20-18(23)19-12-6-4-11(2)5-7-12/h4-7H,3,8-10H2,1-2H3,(H2,19,20,23). The number of thiocarbonyl (C=S) groups is 1. The molecule has 1 aromatic carbocycles. The number of ether oxygens (including phenoxy) is 1. The van der Waals surface area contributed by atoms with Crippen LogP contribution in [-0.4, -0.2) is 23.4 Å². The lowest BCUT2D eigenvalue weighted by Crippen LogP contribution is -2.20. The number of carbonyl (C=O) groups is 1. The second kappa shape index (κ2) is 8.21. The van der Waals surface area contributed by atoms with Crippen LogP contribution < -0.4 is 10.6 Å². The molecule has 2 aromatic rings. The van der Waals surface area contributed by atoms with Crippen LogP contribution in [0.4, 0.5) is 10.7 Å². The highest BCUT2D eigenvalue weighted by atomic mass is 32.2. The summed E-state index contributed by atoms with van der Waals surface area (Å²) in [4.78, 5) is 13.7. The first-order chi connectivity index (χ1) is 12.1. The van der Waals surface area contributed by atoms with Gasteiger partial charge in [-0.25, -0.2) is 4.79 Å². The van der Waals surface area contributed by atoms with Gasteiger partial charge in [-0.1, -0.05) is 17.7 Å². The Morgan fingerprint density at radius 1 is 1.28 bits per heavy atom. The minimum absolute atomic E-state index is 0.271. The van der Waals surface area contributed by atoms with Crippen LogP contribution in [0.25, 0.3) is 0 Å². The van der Waals surface area contributed by atoms with Gasteiger partial charge in [-0.15, -0.1) is 11.3 Å². The van der Waals surface area contributed by atoms with E-state index in [9.17, 15) is 4.79 Å². The van der Waals surface area contributed by atoms with Crippen LogP contribution in [-0.2, 0) is 16.9 Å². The first-order valence-electron chi connectivity index (χ1n) is 8.12. The van der Waals surface area contributed by atoms with E-state index in [4.69, 9.17) is 17.0 Å². The first-order valence-corrected chi connectivity index (χ1v) is 10.5. The van der Waals surface area contributed by atoms with Crippen LogP contribution in [0.2, 0.25) is 0 Å². The largest absolute Gasteiger partial charge is 0.462 e. The molecule has 0 amide bonds. The van der Waals surface area contributed by atoms with E-state index in [2.05, 4.69) is 10.6 Å². The van der Waals surface area contributed by atoms with Crippen molar-refractivity contribution in [1.29, 1.82) is 0 Å². The summed E-state index contributed by atoms with van der Waals surface area (Å²) < 4.78 is 5.26. The number of benzene rings is 1. The molecular weight excluding hydrogens is 372 g/mol. The molecule has 4 nitrogen and oxygen atoms in total. The zero-order valence-electron chi connectivity index (χ0n) is 14.2. The zero-order chi connectivity index (χ0) is 17.8. The van der Waals surface area contributed by atoms with Gasteiger partial charge in [0.1, 0.15) is 5.00 Å². The number of thiophene rings is 1. The van der Waals surface area contributed by atoms with Crippen LogP contribution in [0.1, 0.15) is 33.3 Å². The fraction of sp³-hybridized carbons (Fsp3) is 0.333. The van der Waals surface area contributed by atoms with Gasteiger partial charge in [-0.3, -0.25) is 0 Å². The molecule has 1 aliphatic heterocycles. The summed E-state index contributed by atoms with van der Waals surface area (Å²) in [7, 11) is 0. The number of carbonyl (C=O) groups excluding carboxylic acids is 1. The second-order valence-corrected chi connectivity index (χ2v) is 8.29. The van der Waals surface area contributed by atoms with E-state index in [-0.39, 0.29) is 5.97 Å². The molecule has 3 rings (SSSR count). The van der Waals surface area contributed by atoms with Crippen molar-refractivity contribution in [2.45, 2.75) is 26.0 Å². The molecule has 0 unspecified atom stereocenters. The Hall–Kier alpha value is -1.57. The monoisotopic (exact) mass is 392 g/mol. The number of hydrogen-bond donors (Lipinski definition) is 2. The van der Waals surface area contributed by atoms with Crippen molar-refractivity contribution in [2.75, 3.05) is 23.0 Å². The maximum Gasteiger partial charge on any atom is 0.341 e. The number of thioether (sulfide) groups is 1. The average Bonchev–Trinajstić information content (AvgIpc) is 2.95. The van der Waals surface area contributed by atoms with Gasteiger partial charge < -0.3 is 15.4 Å². The number of hydrogen-bond acceptors (Lipinski definition) is 5. The second-order valence-electron chi connectivity index (χ2n) is 5.68. The van der Waals surface area contributed by atoms with Gasteiger partial charge in [0.15, 0.2) is 5.11 Å². The molecule has 25 heavy (non-hydrogen) atoms. The van der Waals surface area contributed by atoms with Gasteiger partial charge in [-0.05, 0) is 55.9 Å². The predicted octanol–water partition coefficient (Wildman–Crippen LogP) is 4.83. The quantitative estimate of drug-likeness (QED) is 0.574. The van der Waals surface area contributed by atoms with E-state index in [1.807, 2.05) is 49.9 Å². The molecule has 0 saturated carbocycles. The lowest BCUT2D eigenvalue weighted by atomic mass is 10.1. The van der Waals surface area contributed by atoms with Crippen molar-refractivity contribution in [3.05, 3.63) is 45.8 Å². The number of aryl methyl sites for hydroxylation is 1. The van der Waals surface area contributed by atoms with Crippen molar-refractivity contribution in [3.8, 4) is 0 Å². The number of nitrogens with one attached hydrogen (secondary N) is 2. The molecule has 0 fully saturated rings. The third-order valence-corrected chi connectivity index (χ3v) is 6.36. The summed E-state index contributed by atoms with van der Waals surface area (Å²) in [6.45, 7) is 4.23. The smallest absolute Gasteiger partial charge is 0.341 e. The fourth-order valence-corrected chi connectivity index (χ4v) is 5.30. The molecule has 2 heterocycles. The van der Waals surface area contributed by atoms with Gasteiger partial charge >= 0.3 is 5.97 Å². The van der Waals surface area contributed by atoms with Gasteiger partial charge in [0.05, 0.1) is 12.2 Å². The summed E-state index contributed by atoms with van der Waals surface area (Å²) >= 11 is 8.92. The van der Waals surface area contributed by atoms with Crippen molar-refractivity contribution in [2.24, 2.45) is 0 Å². The van der Waals surface area contributed by atoms with Gasteiger partial charge in [0.2, 0.25) is 0 Å². The third-order valence-electron chi connectivity index (χ3n) is 3.84. The van der Waals surface area contributed by atoms with Crippen molar-refractivity contribution < 1.29 is 9.53 Å². The average molecular weight is 393 g/mol. The molecule has 7 heteroatoms. The molecule has 1 aliphatic rings. The predicted molar refractivity (Wildman–Crippen MR) is 111 cm³/mol. The molecule has 0 atom stereocenters. The minimum Gasteiger partial charge on any atom is -0.462 e. The number of anilines is 2. The Kier molecular flexibility index (Phi) is 5.98. The molecule has 0 bridgehead atoms. The molecule has 0 spiro atoms. The topological polar surface area (TPSA) is 50.4 Å². The van der Waals surface area contributed by atoms with E-state index >= 15 is 0 Å². The lowest BCUT2D eigenvalue weighted by molar-refractivity contribution is 0.0527. The number of rotatable bonds is 4. The first kappa shape index (κ1) is 18.2. The Morgan fingerprint density at radius 2 is 2.04 bits per heavy atom. The third kappa shape index (κ3) is 4.34. The summed E-state index contributed by atoms with van der Waals surface area (Å²) in [5.74, 6) is 1.70. The van der Waals surface area contributed by atoms with Gasteiger partial charge in [0, 0.05) is 16.3 Å². The van der Waals surface area contributed by atoms with Crippen molar-refractivity contribution >= 4 is 57.1 Å². The van der Waals surface area contributed by atoms with E-state index in [1.54, 1.807) is 11.3 Å². The maximum absolute atomic E-state index is 12.4. The fourth-order valence-electron chi connectivity index (χ4n) is 2.64. The van der Waals surface area contributed by atoms with E-state index < -0.39 is 0 Å². The summed E-state index contributed by atoms with van der Waals surface area (Å²) in [5.41, 5.74) is 3.87. The van der Waals surface area contributed by atoms with Crippen LogP contribution in [0, 0.1) is 6.92 Å². The molecule has 1 aromatic heterocycles. The Balaban J connectivity index is 1.81. The SMILES string of the molecule is CCOC(=O)c1c(NC(=S)Nc2ccc(C)cc2)sc2c1CCSC2. The lowest BCUT2D eigenvalue weighted by Gasteiger charge is -2.13. The van der Waals surface area contributed by atoms with Crippen LogP contribution in [0.5, 0.6) is 0 Å². The number of fused-ring (bicyclic) bond motifs is 1. The van der Waals surface area contributed by atoms with Crippen molar-refractivity contribution in [1.82, 2.24) is 0 Å². The highest BCUT2D eigenvalue weighted by Gasteiger charge is 2.27. The van der Waals surface area contributed by atoms with Gasteiger partial charge in [0.25, 0.3) is 0 Å². The van der Waals surface area contributed by atoms with Crippen molar-refractivity contribution in [3.63, 3.8) is 0 Å². The Morgan fingerprint density at radius 3 is 2.76 bits per heavy atom. The highest BCUT2D eigenvalue weighted by Crippen LogP contribution is 2.39. The van der Waals surface area contributed by atoms with E-state index in [0.717, 1.165) is 34.2 Å². The highest BCUT2D eigenvalue weighted by molar-refractivity contribution is 7.98. The van der Waals surface area contributed by atoms with Crippen LogP contribution in [0.15, 0.2) is 24.3 Å². The molecule has 2 N–H and O–H groups in total. The molecule has 132 valence electrons. The molecule has 0 saturated heterocycles. The molecular formula is C18H20N2O2S3. The summed E-state index contributed by atoms with van der Waals surface area (Å²) in [5, 5.41) is 7.61.